The van der Waals surface area contributed by atoms with Gasteiger partial charge < -0.3 is 4.74 Å². The van der Waals surface area contributed by atoms with Crippen LogP contribution in [-0.2, 0) is 20.0 Å². The highest BCUT2D eigenvalue weighted by Gasteiger charge is 2.30. The minimum atomic E-state index is -4.28. The van der Waals surface area contributed by atoms with Crippen molar-refractivity contribution in [3.05, 3.63) is 52.6 Å². The standard InChI is InChI=1S/C16H17N3O7S2/c1-26-15-11-12(18-9-4-10-27(18,22)23)7-8-13(15)17-28(24,25)16-6-3-2-5-14(16)19(20)21/h2-3,5-8,11,17H,4,9-10H2,1H3. The number of rotatable bonds is 6. The van der Waals surface area contributed by atoms with Crippen LogP contribution in [0.2, 0.25) is 0 Å². The monoisotopic (exact) mass is 427 g/mol. The molecule has 0 aromatic heterocycles. The minimum absolute atomic E-state index is 0.0287. The number of nitrogens with one attached hydrogen (secondary N) is 1. The lowest BCUT2D eigenvalue weighted by Gasteiger charge is -2.19. The molecular formula is C16H17N3O7S2. The molecule has 0 bridgehead atoms. The molecule has 3 rings (SSSR count). The van der Waals surface area contributed by atoms with Gasteiger partial charge in [-0.2, -0.15) is 0 Å². The van der Waals surface area contributed by atoms with Gasteiger partial charge in [-0.15, -0.1) is 0 Å². The van der Waals surface area contributed by atoms with Gasteiger partial charge in [0, 0.05) is 18.7 Å². The van der Waals surface area contributed by atoms with E-state index in [1.54, 1.807) is 0 Å². The SMILES string of the molecule is COc1cc(N2CCCS2(=O)=O)ccc1NS(=O)(=O)c1ccccc1[N+](=O)[O-]. The van der Waals surface area contributed by atoms with Gasteiger partial charge in [-0.1, -0.05) is 12.1 Å². The summed E-state index contributed by atoms with van der Waals surface area (Å²) in [5.41, 5.74) is -0.183. The maximum atomic E-state index is 12.7. The van der Waals surface area contributed by atoms with Crippen LogP contribution in [0.25, 0.3) is 0 Å². The van der Waals surface area contributed by atoms with E-state index in [2.05, 4.69) is 4.72 Å². The molecule has 0 unspecified atom stereocenters. The van der Waals surface area contributed by atoms with E-state index in [0.29, 0.717) is 18.7 Å². The number of hydrogen-bond donors (Lipinski definition) is 1. The molecule has 28 heavy (non-hydrogen) atoms. The van der Waals surface area contributed by atoms with Gasteiger partial charge >= 0.3 is 0 Å². The molecule has 1 aliphatic rings. The molecule has 0 atom stereocenters. The first-order chi connectivity index (χ1) is 13.2. The van der Waals surface area contributed by atoms with E-state index in [-0.39, 0.29) is 17.2 Å². The van der Waals surface area contributed by atoms with E-state index in [4.69, 9.17) is 4.74 Å². The van der Waals surface area contributed by atoms with Crippen molar-refractivity contribution in [3.8, 4) is 5.75 Å². The molecule has 0 aliphatic carbocycles. The summed E-state index contributed by atoms with van der Waals surface area (Å²) in [4.78, 5) is 9.85. The molecule has 12 heteroatoms. The van der Waals surface area contributed by atoms with E-state index in [1.165, 1.54) is 41.7 Å². The van der Waals surface area contributed by atoms with Gasteiger partial charge in [0.15, 0.2) is 4.90 Å². The number of benzene rings is 2. The Morgan fingerprint density at radius 2 is 1.93 bits per heavy atom. The van der Waals surface area contributed by atoms with Gasteiger partial charge in [-0.3, -0.25) is 19.1 Å². The normalized spacial score (nSPS) is 16.0. The second-order valence-corrected chi connectivity index (χ2v) is 9.62. The quantitative estimate of drug-likeness (QED) is 0.549. The third kappa shape index (κ3) is 3.73. The number of hydrogen-bond acceptors (Lipinski definition) is 7. The first kappa shape index (κ1) is 19.9. The molecule has 0 saturated carbocycles. The fourth-order valence-corrected chi connectivity index (χ4v) is 5.68. The summed E-state index contributed by atoms with van der Waals surface area (Å²) in [7, 11) is -6.38. The second-order valence-electron chi connectivity index (χ2n) is 5.96. The third-order valence-corrected chi connectivity index (χ3v) is 7.45. The molecule has 1 saturated heterocycles. The van der Waals surface area contributed by atoms with Crippen LogP contribution < -0.4 is 13.8 Å². The second kappa shape index (κ2) is 7.28. The van der Waals surface area contributed by atoms with Crippen LogP contribution in [0, 0.1) is 10.1 Å². The van der Waals surface area contributed by atoms with Gasteiger partial charge in [0.1, 0.15) is 5.75 Å². The molecule has 2 aromatic carbocycles. The zero-order valence-corrected chi connectivity index (χ0v) is 16.4. The van der Waals surface area contributed by atoms with Gasteiger partial charge in [0.05, 0.1) is 29.2 Å². The number of nitrogens with zero attached hydrogens (tertiary/aromatic N) is 2. The lowest BCUT2D eigenvalue weighted by molar-refractivity contribution is -0.387. The molecule has 1 heterocycles. The summed E-state index contributed by atoms with van der Waals surface area (Å²) in [5, 5.41) is 11.1. The average Bonchev–Trinajstić information content (AvgIpc) is 3.01. The molecule has 0 spiro atoms. The van der Waals surface area contributed by atoms with Crippen molar-refractivity contribution in [2.75, 3.05) is 28.4 Å². The molecule has 1 fully saturated rings. The number of para-hydroxylation sites is 1. The molecule has 0 radical (unpaired) electrons. The smallest absolute Gasteiger partial charge is 0.289 e. The number of anilines is 2. The van der Waals surface area contributed by atoms with Crippen molar-refractivity contribution >= 4 is 37.1 Å². The van der Waals surface area contributed by atoms with E-state index in [9.17, 15) is 26.9 Å². The largest absolute Gasteiger partial charge is 0.494 e. The van der Waals surface area contributed by atoms with Crippen LogP contribution in [0.4, 0.5) is 17.1 Å². The Balaban J connectivity index is 1.98. The number of sulfonamides is 2. The van der Waals surface area contributed by atoms with E-state index in [0.717, 1.165) is 12.1 Å². The van der Waals surface area contributed by atoms with Gasteiger partial charge in [-0.25, -0.2) is 16.8 Å². The Labute approximate surface area is 162 Å². The predicted octanol–water partition coefficient (Wildman–Crippen LogP) is 1.94. The Morgan fingerprint density at radius 3 is 2.54 bits per heavy atom. The summed E-state index contributed by atoms with van der Waals surface area (Å²) in [5.74, 6) is 0.128. The fourth-order valence-electron chi connectivity index (χ4n) is 2.88. The lowest BCUT2D eigenvalue weighted by atomic mass is 10.2. The Morgan fingerprint density at radius 1 is 1.21 bits per heavy atom. The van der Waals surface area contributed by atoms with Crippen molar-refractivity contribution in [2.24, 2.45) is 0 Å². The topological polar surface area (TPSA) is 136 Å². The first-order valence-corrected chi connectivity index (χ1v) is 11.2. The van der Waals surface area contributed by atoms with Crippen molar-refractivity contribution in [1.82, 2.24) is 0 Å². The van der Waals surface area contributed by atoms with Crippen molar-refractivity contribution in [2.45, 2.75) is 11.3 Å². The summed E-state index contributed by atoms with van der Waals surface area (Å²) in [6.45, 7) is 0.326. The molecule has 1 aliphatic heterocycles. The number of ether oxygens (including phenoxy) is 1. The number of nitro benzene ring substituents is 1. The van der Waals surface area contributed by atoms with Crippen molar-refractivity contribution < 1.29 is 26.5 Å². The Hall–Kier alpha value is -2.86. The van der Waals surface area contributed by atoms with Crippen molar-refractivity contribution in [3.63, 3.8) is 0 Å². The number of nitro groups is 1. The summed E-state index contributed by atoms with van der Waals surface area (Å²) < 4.78 is 58.2. The van der Waals surface area contributed by atoms with Crippen LogP contribution in [-0.4, -0.2) is 41.2 Å². The summed E-state index contributed by atoms with van der Waals surface area (Å²) in [6.07, 6.45) is 0.497. The zero-order valence-electron chi connectivity index (χ0n) is 14.7. The Kier molecular flexibility index (Phi) is 5.17. The predicted molar refractivity (Wildman–Crippen MR) is 103 cm³/mol. The fraction of sp³-hybridized carbons (Fsp3) is 0.250. The van der Waals surface area contributed by atoms with Gasteiger partial charge in [-0.05, 0) is 24.6 Å². The van der Waals surface area contributed by atoms with Crippen LogP contribution in [0.5, 0.6) is 5.75 Å². The van der Waals surface area contributed by atoms with Gasteiger partial charge in [0.2, 0.25) is 10.0 Å². The zero-order chi connectivity index (χ0) is 20.5. The molecule has 150 valence electrons. The maximum Gasteiger partial charge on any atom is 0.289 e. The highest BCUT2D eigenvalue weighted by atomic mass is 32.2. The minimum Gasteiger partial charge on any atom is -0.494 e. The summed E-state index contributed by atoms with van der Waals surface area (Å²) >= 11 is 0. The van der Waals surface area contributed by atoms with E-state index < -0.39 is 35.6 Å². The molecule has 10 nitrogen and oxygen atoms in total. The van der Waals surface area contributed by atoms with E-state index >= 15 is 0 Å². The third-order valence-electron chi connectivity index (χ3n) is 4.17. The lowest BCUT2D eigenvalue weighted by Crippen LogP contribution is -2.25. The Bertz CT molecular complexity index is 1130. The molecular weight excluding hydrogens is 410 g/mol. The highest BCUT2D eigenvalue weighted by Crippen LogP contribution is 2.35. The first-order valence-electron chi connectivity index (χ1n) is 8.10. The van der Waals surface area contributed by atoms with Crippen LogP contribution in [0.1, 0.15) is 6.42 Å². The van der Waals surface area contributed by atoms with Crippen LogP contribution >= 0.6 is 0 Å². The summed E-state index contributed by atoms with van der Waals surface area (Å²) in [6, 6.07) is 9.16. The maximum absolute atomic E-state index is 12.7. The average molecular weight is 427 g/mol. The number of methoxy groups -OCH3 is 1. The van der Waals surface area contributed by atoms with Crippen LogP contribution in [0.15, 0.2) is 47.4 Å². The van der Waals surface area contributed by atoms with Crippen LogP contribution in [0.3, 0.4) is 0 Å². The molecule has 1 N–H and O–H groups in total. The van der Waals surface area contributed by atoms with Crippen molar-refractivity contribution in [1.29, 1.82) is 0 Å². The highest BCUT2D eigenvalue weighted by molar-refractivity contribution is 7.93. The molecule has 0 amide bonds. The van der Waals surface area contributed by atoms with E-state index in [1.807, 2.05) is 0 Å². The van der Waals surface area contributed by atoms with Gasteiger partial charge in [0.25, 0.3) is 15.7 Å². The molecule has 2 aromatic rings.